The fraction of sp³-hybridized carbons (Fsp3) is 0.0250. The van der Waals surface area contributed by atoms with Crippen LogP contribution in [0.25, 0.3) is 10.6 Å². The number of halogens is 5. The molecule has 2 aromatic heterocycles. The predicted octanol–water partition coefficient (Wildman–Crippen LogP) is 10.4. The fourth-order valence-electron chi connectivity index (χ4n) is 5.23. The molecule has 0 aliphatic carbocycles. The van der Waals surface area contributed by atoms with Crippen LogP contribution in [0.3, 0.4) is 0 Å². The average Bonchev–Trinajstić information content (AvgIpc) is 3.93. The maximum Gasteiger partial charge on any atom is 0.573 e. The van der Waals surface area contributed by atoms with E-state index in [4.69, 9.17) is 27.6 Å². The van der Waals surface area contributed by atoms with Crippen LogP contribution in [-0.2, 0) is 20.0 Å². The number of hydrogen-bond acceptors (Lipinski definition) is 10. The summed E-state index contributed by atoms with van der Waals surface area (Å²) < 4.78 is 102. The largest absolute Gasteiger partial charge is 0.573 e. The Labute approximate surface area is 349 Å². The molecule has 0 atom stereocenters. The van der Waals surface area contributed by atoms with Gasteiger partial charge in [0.2, 0.25) is 0 Å². The Morgan fingerprint density at radius 3 is 1.64 bits per heavy atom. The molecule has 2 heterocycles. The van der Waals surface area contributed by atoms with Gasteiger partial charge in [-0.05, 0) is 72.8 Å². The van der Waals surface area contributed by atoms with E-state index in [-0.39, 0.29) is 42.4 Å². The molecule has 0 radical (unpaired) electrons. The fourth-order valence-corrected chi connectivity index (χ4v) is 8.99. The van der Waals surface area contributed by atoms with Gasteiger partial charge >= 0.3 is 6.36 Å². The average molecular weight is 901 g/mol. The summed E-state index contributed by atoms with van der Waals surface area (Å²) >= 11 is 13.1. The number of rotatable bonds is 12. The number of sulfonamides is 2. The number of aromatic nitrogens is 1. The van der Waals surface area contributed by atoms with Gasteiger partial charge in [-0.1, -0.05) is 83.9 Å². The van der Waals surface area contributed by atoms with E-state index in [1.54, 1.807) is 66.7 Å². The highest BCUT2D eigenvalue weighted by Crippen LogP contribution is 2.33. The van der Waals surface area contributed by atoms with Crippen LogP contribution in [0.5, 0.6) is 5.75 Å². The molecule has 7 rings (SSSR count). The van der Waals surface area contributed by atoms with Crippen LogP contribution in [0.4, 0.5) is 24.5 Å². The van der Waals surface area contributed by atoms with Crippen LogP contribution in [0, 0.1) is 0 Å². The number of hydrogen-bond donors (Lipinski definition) is 2. The molecular formula is C40H26Cl2F3N3O8S3. The van der Waals surface area contributed by atoms with Crippen LogP contribution in [0.2, 0.25) is 10.0 Å². The third kappa shape index (κ3) is 11.0. The zero-order valence-corrected chi connectivity index (χ0v) is 33.6. The summed E-state index contributed by atoms with van der Waals surface area (Å²) in [6.07, 6.45) is -2.11. The number of oxazole rings is 1. The topological polar surface area (TPSA) is 162 Å². The SMILES string of the molecule is O=C(c1ccccc1)c1cc(Cl)ccc1NS(=O)(=O)c1ccc(-c2cnco2)s1.O=C(c1ccccc1)c1cc(Cl)ccc1NS(=O)(=O)c1ccc(OC(F)(F)F)cc1. The standard InChI is InChI=1S/C20H13ClF3NO4S.C20H13ClN2O4S2/c21-14-6-11-18(17(12-14)19(26)13-4-2-1-3-5-13)25-30(27,28)16-9-7-15(8-10-16)29-20(22,23)24;21-14-6-7-16(15(10-14)20(24)13-4-2-1-3-5-13)23-29(25,26)19-9-8-18(28-19)17-11-22-12-27-17/h1-12,25H;1-12,23H. The first-order valence-electron chi connectivity index (χ1n) is 16.7. The van der Waals surface area contributed by atoms with Gasteiger partial charge in [-0.2, -0.15) is 0 Å². The summed E-state index contributed by atoms with van der Waals surface area (Å²) in [5, 5.41) is 0.557. The van der Waals surface area contributed by atoms with E-state index >= 15 is 0 Å². The lowest BCUT2D eigenvalue weighted by Gasteiger charge is -2.13. The quantitative estimate of drug-likeness (QED) is 0.114. The molecule has 7 aromatic rings. The minimum absolute atomic E-state index is 0.0225. The van der Waals surface area contributed by atoms with Crippen molar-refractivity contribution in [3.05, 3.63) is 178 Å². The molecule has 0 aliphatic heterocycles. The maximum atomic E-state index is 12.9. The summed E-state index contributed by atoms with van der Waals surface area (Å²) in [4.78, 5) is 29.8. The monoisotopic (exact) mass is 899 g/mol. The summed E-state index contributed by atoms with van der Waals surface area (Å²) in [7, 11) is -8.13. The second-order valence-corrected chi connectivity index (χ2v) is 17.5. The molecule has 59 heavy (non-hydrogen) atoms. The Kier molecular flexibility index (Phi) is 12.9. The summed E-state index contributed by atoms with van der Waals surface area (Å²) in [6, 6.07) is 32.0. The number of carbonyl (C=O) groups excluding carboxylic acids is 2. The summed E-state index contributed by atoms with van der Waals surface area (Å²) in [5.41, 5.74) is 1.07. The third-order valence-electron chi connectivity index (χ3n) is 7.90. The van der Waals surface area contributed by atoms with Gasteiger partial charge in [0.15, 0.2) is 23.7 Å². The van der Waals surface area contributed by atoms with Crippen LogP contribution < -0.4 is 14.2 Å². The first-order valence-corrected chi connectivity index (χ1v) is 21.2. The van der Waals surface area contributed by atoms with Crippen molar-refractivity contribution in [2.24, 2.45) is 0 Å². The van der Waals surface area contributed by atoms with E-state index in [0.717, 1.165) is 35.6 Å². The van der Waals surface area contributed by atoms with Gasteiger partial charge in [0, 0.05) is 32.3 Å². The van der Waals surface area contributed by atoms with Crippen LogP contribution in [-0.4, -0.2) is 39.7 Å². The van der Waals surface area contributed by atoms with Gasteiger partial charge < -0.3 is 9.15 Å². The second kappa shape index (κ2) is 17.9. The Balaban J connectivity index is 0.000000198. The molecule has 19 heteroatoms. The van der Waals surface area contributed by atoms with E-state index in [2.05, 4.69) is 19.2 Å². The van der Waals surface area contributed by atoms with Crippen molar-refractivity contribution in [2.45, 2.75) is 15.5 Å². The highest BCUT2D eigenvalue weighted by atomic mass is 35.5. The van der Waals surface area contributed by atoms with Crippen molar-refractivity contribution < 1.29 is 48.7 Å². The number of thiophene rings is 1. The number of nitrogens with one attached hydrogen (secondary N) is 2. The van der Waals surface area contributed by atoms with Gasteiger partial charge in [-0.15, -0.1) is 24.5 Å². The molecule has 0 spiro atoms. The Morgan fingerprint density at radius 2 is 1.17 bits per heavy atom. The molecule has 0 bridgehead atoms. The first kappa shape index (κ1) is 42.6. The van der Waals surface area contributed by atoms with Crippen molar-refractivity contribution in [1.29, 1.82) is 0 Å². The maximum absolute atomic E-state index is 12.9. The van der Waals surface area contributed by atoms with E-state index in [9.17, 15) is 39.6 Å². The van der Waals surface area contributed by atoms with E-state index < -0.39 is 37.9 Å². The zero-order valence-electron chi connectivity index (χ0n) is 29.7. The van der Waals surface area contributed by atoms with Crippen molar-refractivity contribution in [2.75, 3.05) is 9.44 Å². The molecule has 0 aliphatic rings. The van der Waals surface area contributed by atoms with Gasteiger partial charge in [0.1, 0.15) is 9.96 Å². The second-order valence-electron chi connectivity index (χ2n) is 12.0. The van der Waals surface area contributed by atoms with E-state index in [1.165, 1.54) is 55.1 Å². The number of ketones is 2. The van der Waals surface area contributed by atoms with Crippen LogP contribution >= 0.6 is 34.5 Å². The van der Waals surface area contributed by atoms with Crippen LogP contribution in [0.15, 0.2) is 160 Å². The van der Waals surface area contributed by atoms with Gasteiger partial charge in [0.05, 0.1) is 27.3 Å². The molecule has 0 unspecified atom stereocenters. The molecule has 302 valence electrons. The highest BCUT2D eigenvalue weighted by Gasteiger charge is 2.31. The number of ether oxygens (including phenoxy) is 1. The van der Waals surface area contributed by atoms with Crippen molar-refractivity contribution in [3.8, 4) is 16.4 Å². The Hall–Kier alpha value is -5.98. The Morgan fingerprint density at radius 1 is 0.661 bits per heavy atom. The zero-order chi connectivity index (χ0) is 42.4. The summed E-state index contributed by atoms with van der Waals surface area (Å²) in [6.45, 7) is 0. The Bertz CT molecular complexity index is 2830. The molecule has 0 saturated carbocycles. The number of alkyl halides is 3. The van der Waals surface area contributed by atoms with Crippen molar-refractivity contribution in [1.82, 2.24) is 4.98 Å². The lowest BCUT2D eigenvalue weighted by molar-refractivity contribution is -0.274. The van der Waals surface area contributed by atoms with E-state index in [1.807, 2.05) is 0 Å². The van der Waals surface area contributed by atoms with Gasteiger partial charge in [-0.25, -0.2) is 21.8 Å². The molecule has 11 nitrogen and oxygen atoms in total. The van der Waals surface area contributed by atoms with Crippen molar-refractivity contribution >= 4 is 77.5 Å². The molecule has 2 N–H and O–H groups in total. The highest BCUT2D eigenvalue weighted by molar-refractivity contribution is 7.94. The lowest BCUT2D eigenvalue weighted by Crippen LogP contribution is -2.18. The number of benzene rings is 5. The number of carbonyl (C=O) groups is 2. The van der Waals surface area contributed by atoms with E-state index in [0.29, 0.717) is 26.8 Å². The minimum atomic E-state index is -4.89. The smallest absolute Gasteiger partial charge is 0.443 e. The predicted molar refractivity (Wildman–Crippen MR) is 217 cm³/mol. The minimum Gasteiger partial charge on any atom is -0.443 e. The van der Waals surface area contributed by atoms with Crippen LogP contribution in [0.1, 0.15) is 31.8 Å². The normalized spacial score (nSPS) is 11.5. The number of nitrogens with zero attached hydrogens (tertiary/aromatic N) is 1. The molecule has 0 saturated heterocycles. The van der Waals surface area contributed by atoms with Gasteiger partial charge in [-0.3, -0.25) is 19.0 Å². The molecule has 0 amide bonds. The number of anilines is 2. The summed E-state index contributed by atoms with van der Waals surface area (Å²) in [5.74, 6) is -0.875. The van der Waals surface area contributed by atoms with Crippen molar-refractivity contribution in [3.63, 3.8) is 0 Å². The van der Waals surface area contributed by atoms with Gasteiger partial charge in [0.25, 0.3) is 20.0 Å². The first-order chi connectivity index (χ1) is 28.0. The molecular weight excluding hydrogens is 875 g/mol. The molecule has 5 aromatic carbocycles. The third-order valence-corrected chi connectivity index (χ3v) is 12.7. The molecule has 0 fully saturated rings. The lowest BCUT2D eigenvalue weighted by atomic mass is 10.0.